The highest BCUT2D eigenvalue weighted by Gasteiger charge is 2.34. The Hall–Kier alpha value is -3.76. The summed E-state index contributed by atoms with van der Waals surface area (Å²) in [4.78, 5) is 30.2. The normalized spacial score (nSPS) is 18.2. The van der Waals surface area contributed by atoms with Gasteiger partial charge >= 0.3 is 0 Å². The van der Waals surface area contributed by atoms with Crippen LogP contribution in [0.4, 0.5) is 16.2 Å². The maximum Gasteiger partial charge on any atom is 0.246 e. The van der Waals surface area contributed by atoms with Gasteiger partial charge in [-0.05, 0) is 45.6 Å². The number of aromatic nitrogens is 4. The molecule has 2 aliphatic heterocycles. The first-order chi connectivity index (χ1) is 19.2. The van der Waals surface area contributed by atoms with E-state index in [0.717, 1.165) is 29.6 Å². The van der Waals surface area contributed by atoms with Crippen LogP contribution in [0.25, 0.3) is 32.9 Å². The number of hydrogen-bond donors (Lipinski definition) is 1. The van der Waals surface area contributed by atoms with Crippen molar-refractivity contribution in [2.24, 2.45) is 0 Å². The number of piperazine rings is 1. The number of nitrogens with one attached hydrogen (secondary N) is 1. The third-order valence-corrected chi connectivity index (χ3v) is 8.49. The summed E-state index contributed by atoms with van der Waals surface area (Å²) in [6, 6.07) is 5.97. The number of amides is 1. The second-order valence-electron chi connectivity index (χ2n) is 10.9. The number of aromatic amines is 1. The second-order valence-corrected chi connectivity index (χ2v) is 11.3. The first-order valence-electron chi connectivity index (χ1n) is 13.4. The van der Waals surface area contributed by atoms with Crippen molar-refractivity contribution in [3.05, 3.63) is 53.5 Å². The van der Waals surface area contributed by atoms with Crippen LogP contribution in [0.5, 0.6) is 0 Å². The minimum atomic E-state index is -0.490. The van der Waals surface area contributed by atoms with Gasteiger partial charge in [-0.1, -0.05) is 30.3 Å². The molecule has 0 aliphatic carbocycles. The topological polar surface area (TPSA) is 84.5 Å². The Morgan fingerprint density at radius 3 is 2.65 bits per heavy atom. The number of benzene rings is 2. The standard InChI is InChI=1S/C29H32ClFN8O/c1-6-22(40)39-10-9-37(13-17(39)3)28-20-11-21(30)24(23-16(2)7-8-18-12-32-35-26(18)23)25(31)27(20)33-29(34-28)38-14-19(15-38)36(4)5/h6-8,11-12,17,19H,1,9-10,13-15H2,2-5H3,(H,32,35)/t17-/m1/s1. The molecule has 0 spiro atoms. The SMILES string of the molecule is C=CC(=O)N1CCN(c2nc(N3CC(N(C)C)C3)nc3c(F)c(-c4c(C)ccc5cn[nH]c45)c(Cl)cc23)C[C@H]1C. The molecule has 2 aliphatic rings. The molecule has 9 nitrogen and oxygen atoms in total. The van der Waals surface area contributed by atoms with Gasteiger partial charge in [-0.15, -0.1) is 0 Å². The number of carbonyl (C=O) groups excluding carboxylic acids is 1. The van der Waals surface area contributed by atoms with E-state index in [2.05, 4.69) is 31.5 Å². The Balaban J connectivity index is 1.51. The first-order valence-corrected chi connectivity index (χ1v) is 13.8. The zero-order chi connectivity index (χ0) is 28.3. The molecule has 40 heavy (non-hydrogen) atoms. The van der Waals surface area contributed by atoms with Crippen LogP contribution in [0, 0.1) is 12.7 Å². The number of fused-ring (bicyclic) bond motifs is 2. The van der Waals surface area contributed by atoms with Crippen LogP contribution in [-0.2, 0) is 4.79 Å². The Morgan fingerprint density at radius 1 is 1.18 bits per heavy atom. The van der Waals surface area contributed by atoms with Crippen molar-refractivity contribution in [1.82, 2.24) is 30.0 Å². The maximum absolute atomic E-state index is 16.7. The van der Waals surface area contributed by atoms with Gasteiger partial charge in [-0.25, -0.2) is 9.37 Å². The van der Waals surface area contributed by atoms with Gasteiger partial charge < -0.3 is 19.6 Å². The fourth-order valence-electron chi connectivity index (χ4n) is 5.76. The lowest BCUT2D eigenvalue weighted by Gasteiger charge is -2.43. The fraction of sp³-hybridized carbons (Fsp3) is 0.379. The molecule has 1 N–H and O–H groups in total. The molecule has 4 aromatic rings. The zero-order valence-corrected chi connectivity index (χ0v) is 23.8. The number of hydrogen-bond acceptors (Lipinski definition) is 7. The van der Waals surface area contributed by atoms with Gasteiger partial charge in [0.05, 0.1) is 16.7 Å². The molecule has 2 aromatic carbocycles. The molecule has 0 bridgehead atoms. The average molecular weight is 563 g/mol. The van der Waals surface area contributed by atoms with Crippen LogP contribution in [0.15, 0.2) is 37.1 Å². The molecule has 11 heteroatoms. The zero-order valence-electron chi connectivity index (χ0n) is 23.1. The molecule has 0 saturated carbocycles. The highest BCUT2D eigenvalue weighted by molar-refractivity contribution is 6.35. The molecule has 6 rings (SSSR count). The number of rotatable bonds is 5. The van der Waals surface area contributed by atoms with E-state index in [9.17, 15) is 4.79 Å². The van der Waals surface area contributed by atoms with Gasteiger partial charge in [-0.3, -0.25) is 9.89 Å². The van der Waals surface area contributed by atoms with Crippen molar-refractivity contribution in [2.75, 3.05) is 56.6 Å². The molecule has 0 unspecified atom stereocenters. The minimum Gasteiger partial charge on any atom is -0.352 e. The smallest absolute Gasteiger partial charge is 0.246 e. The number of halogens is 2. The summed E-state index contributed by atoms with van der Waals surface area (Å²) < 4.78 is 16.7. The molecular formula is C29H32ClFN8O. The van der Waals surface area contributed by atoms with Gasteiger partial charge in [0.2, 0.25) is 11.9 Å². The summed E-state index contributed by atoms with van der Waals surface area (Å²) in [7, 11) is 4.10. The lowest BCUT2D eigenvalue weighted by Crippen LogP contribution is -2.58. The van der Waals surface area contributed by atoms with E-state index in [-0.39, 0.29) is 22.5 Å². The number of carbonyl (C=O) groups is 1. The number of H-pyrrole nitrogens is 1. The second kappa shape index (κ2) is 10.0. The molecule has 1 amide bonds. The van der Waals surface area contributed by atoms with Gasteiger partial charge in [0.25, 0.3) is 0 Å². The summed E-state index contributed by atoms with van der Waals surface area (Å²) in [6.07, 6.45) is 3.06. The van der Waals surface area contributed by atoms with Gasteiger partial charge in [0.1, 0.15) is 11.3 Å². The van der Waals surface area contributed by atoms with Crippen LogP contribution >= 0.6 is 11.6 Å². The first kappa shape index (κ1) is 26.5. The third kappa shape index (κ3) is 4.26. The summed E-state index contributed by atoms with van der Waals surface area (Å²) in [5.41, 5.74) is 2.79. The van der Waals surface area contributed by atoms with E-state index in [1.807, 2.05) is 40.1 Å². The van der Waals surface area contributed by atoms with E-state index in [1.54, 1.807) is 17.2 Å². The fourth-order valence-corrected chi connectivity index (χ4v) is 6.05. The van der Waals surface area contributed by atoms with Crippen molar-refractivity contribution < 1.29 is 9.18 Å². The molecule has 4 heterocycles. The summed E-state index contributed by atoms with van der Waals surface area (Å²) in [5, 5.41) is 8.87. The highest BCUT2D eigenvalue weighted by Crippen LogP contribution is 2.42. The van der Waals surface area contributed by atoms with Crippen LogP contribution in [0.2, 0.25) is 5.02 Å². The predicted octanol–water partition coefficient (Wildman–Crippen LogP) is 4.25. The lowest BCUT2D eigenvalue weighted by atomic mass is 9.96. The van der Waals surface area contributed by atoms with Gasteiger partial charge in [-0.2, -0.15) is 10.1 Å². The number of aryl methyl sites for hydroxylation is 1. The molecular weight excluding hydrogens is 531 g/mol. The van der Waals surface area contributed by atoms with Crippen LogP contribution < -0.4 is 9.80 Å². The summed E-state index contributed by atoms with van der Waals surface area (Å²) in [6.45, 7) is 10.7. The Labute approximate surface area is 237 Å². The van der Waals surface area contributed by atoms with Crippen molar-refractivity contribution in [3.63, 3.8) is 0 Å². The summed E-state index contributed by atoms with van der Waals surface area (Å²) in [5.74, 6) is 0.518. The molecule has 2 aromatic heterocycles. The third-order valence-electron chi connectivity index (χ3n) is 8.19. The quantitative estimate of drug-likeness (QED) is 0.364. The monoisotopic (exact) mass is 562 g/mol. The molecule has 2 fully saturated rings. The average Bonchev–Trinajstić information content (AvgIpc) is 3.37. The Bertz CT molecular complexity index is 1650. The van der Waals surface area contributed by atoms with Crippen LogP contribution in [0.1, 0.15) is 12.5 Å². The number of likely N-dealkylation sites (N-methyl/N-ethyl adjacent to an activating group) is 1. The number of nitrogens with zero attached hydrogens (tertiary/aromatic N) is 7. The molecule has 0 radical (unpaired) electrons. The lowest BCUT2D eigenvalue weighted by molar-refractivity contribution is -0.128. The highest BCUT2D eigenvalue weighted by atomic mass is 35.5. The van der Waals surface area contributed by atoms with Crippen molar-refractivity contribution in [2.45, 2.75) is 25.9 Å². The van der Waals surface area contributed by atoms with E-state index < -0.39 is 5.82 Å². The van der Waals surface area contributed by atoms with Crippen LogP contribution in [-0.4, -0.2) is 94.8 Å². The van der Waals surface area contributed by atoms with E-state index in [0.29, 0.717) is 54.0 Å². The van der Waals surface area contributed by atoms with Gasteiger partial charge in [0.15, 0.2) is 5.82 Å². The van der Waals surface area contributed by atoms with E-state index in [1.165, 1.54) is 6.08 Å². The predicted molar refractivity (Wildman–Crippen MR) is 158 cm³/mol. The van der Waals surface area contributed by atoms with Crippen molar-refractivity contribution >= 4 is 51.1 Å². The maximum atomic E-state index is 16.7. The van der Waals surface area contributed by atoms with Gasteiger partial charge in [0, 0.05) is 66.7 Å². The minimum absolute atomic E-state index is 0.0740. The molecule has 1 atom stereocenters. The largest absolute Gasteiger partial charge is 0.352 e. The Kier molecular flexibility index (Phi) is 6.62. The number of anilines is 2. The summed E-state index contributed by atoms with van der Waals surface area (Å²) >= 11 is 6.87. The Morgan fingerprint density at radius 2 is 1.95 bits per heavy atom. The molecule has 208 valence electrons. The van der Waals surface area contributed by atoms with Crippen LogP contribution in [0.3, 0.4) is 0 Å². The molecule has 2 saturated heterocycles. The van der Waals surface area contributed by atoms with E-state index in [4.69, 9.17) is 21.6 Å². The van der Waals surface area contributed by atoms with Crippen molar-refractivity contribution in [1.29, 1.82) is 0 Å². The van der Waals surface area contributed by atoms with Crippen molar-refractivity contribution in [3.8, 4) is 11.1 Å². The van der Waals surface area contributed by atoms with E-state index >= 15 is 4.39 Å².